The minimum Gasteiger partial charge on any atom is -0.0955 e. The van der Waals surface area contributed by atoms with Crippen LogP contribution in [0.1, 0.15) is 56.9 Å². The Bertz CT molecular complexity index is 730. The molecule has 0 fully saturated rings. The Hall–Kier alpha value is -1.82. The van der Waals surface area contributed by atoms with Gasteiger partial charge in [-0.15, -0.1) is 0 Å². The first-order chi connectivity index (χ1) is 10.7. The number of allylic oxidation sites excluding steroid dienone is 1. The summed E-state index contributed by atoms with van der Waals surface area (Å²) in [5.41, 5.74) is 9.23. The van der Waals surface area contributed by atoms with Gasteiger partial charge in [-0.1, -0.05) is 81.8 Å². The summed E-state index contributed by atoms with van der Waals surface area (Å²) in [5.74, 6) is 0.564. The van der Waals surface area contributed by atoms with E-state index >= 15 is 0 Å². The first-order valence-electron chi connectivity index (χ1n) is 8.53. The number of benzene rings is 2. The van der Waals surface area contributed by atoms with Gasteiger partial charge in [0.05, 0.1) is 0 Å². The molecular weight excluding hydrogens is 276 g/mol. The van der Waals surface area contributed by atoms with Crippen LogP contribution in [0.15, 0.2) is 43.0 Å². The highest BCUT2D eigenvalue weighted by molar-refractivity contribution is 5.84. The lowest BCUT2D eigenvalue weighted by molar-refractivity contribution is 0.371. The lowest BCUT2D eigenvalue weighted by Crippen LogP contribution is -2.26. The molecule has 0 amide bonds. The fourth-order valence-corrected chi connectivity index (χ4v) is 3.11. The minimum absolute atomic E-state index is 0.113. The van der Waals surface area contributed by atoms with Crippen LogP contribution < -0.4 is 0 Å². The number of aryl methyl sites for hydroxylation is 2. The van der Waals surface area contributed by atoms with E-state index in [2.05, 4.69) is 91.4 Å². The summed E-state index contributed by atoms with van der Waals surface area (Å²) in [6.07, 6.45) is 0. The molecule has 0 aliphatic rings. The van der Waals surface area contributed by atoms with E-state index in [0.29, 0.717) is 5.92 Å². The van der Waals surface area contributed by atoms with Gasteiger partial charge in [0.2, 0.25) is 0 Å². The Labute approximate surface area is 142 Å². The van der Waals surface area contributed by atoms with Crippen LogP contribution >= 0.6 is 0 Å². The molecule has 0 saturated carbocycles. The zero-order valence-corrected chi connectivity index (χ0v) is 15.7. The second-order valence-corrected chi connectivity index (χ2v) is 7.70. The highest BCUT2D eigenvalue weighted by Gasteiger charge is 2.28. The van der Waals surface area contributed by atoms with Crippen LogP contribution in [0.25, 0.3) is 16.7 Å². The van der Waals surface area contributed by atoms with Gasteiger partial charge in [-0.3, -0.25) is 0 Å². The van der Waals surface area contributed by atoms with E-state index in [0.717, 1.165) is 5.57 Å². The molecule has 0 unspecified atom stereocenters. The molecule has 23 heavy (non-hydrogen) atoms. The van der Waals surface area contributed by atoms with Crippen molar-refractivity contribution < 1.29 is 0 Å². The molecule has 0 radical (unpaired) electrons. The monoisotopic (exact) mass is 306 g/mol. The molecule has 0 bridgehead atoms. The maximum atomic E-state index is 4.30. The van der Waals surface area contributed by atoms with Crippen LogP contribution in [0.3, 0.4) is 0 Å². The van der Waals surface area contributed by atoms with Gasteiger partial charge in [0, 0.05) is 0 Å². The smallest absolute Gasteiger partial charge is 0.00743 e. The topological polar surface area (TPSA) is 0 Å². The van der Waals surface area contributed by atoms with E-state index in [1.165, 1.54) is 33.4 Å². The van der Waals surface area contributed by atoms with Crippen molar-refractivity contribution in [1.29, 1.82) is 0 Å². The van der Waals surface area contributed by atoms with Crippen LogP contribution in [0, 0.1) is 19.8 Å². The molecule has 2 rings (SSSR count). The Morgan fingerprint density at radius 2 is 1.65 bits per heavy atom. The summed E-state index contributed by atoms with van der Waals surface area (Å²) in [5, 5.41) is 0. The van der Waals surface area contributed by atoms with Crippen LogP contribution in [-0.4, -0.2) is 0 Å². The van der Waals surface area contributed by atoms with Crippen molar-refractivity contribution in [3.8, 4) is 11.1 Å². The van der Waals surface area contributed by atoms with E-state index in [4.69, 9.17) is 0 Å². The molecule has 0 aromatic heterocycles. The maximum absolute atomic E-state index is 4.30. The van der Waals surface area contributed by atoms with Gasteiger partial charge in [-0.25, -0.2) is 0 Å². The lowest BCUT2D eigenvalue weighted by atomic mass is 9.71. The predicted octanol–water partition coefficient (Wildman–Crippen LogP) is 6.94. The average Bonchev–Trinajstić information content (AvgIpc) is 2.48. The third-order valence-corrected chi connectivity index (χ3v) is 5.31. The highest BCUT2D eigenvalue weighted by atomic mass is 14.3. The molecule has 2 aromatic carbocycles. The zero-order valence-electron chi connectivity index (χ0n) is 15.7. The molecule has 0 aliphatic carbocycles. The van der Waals surface area contributed by atoms with Crippen molar-refractivity contribution in [2.75, 3.05) is 0 Å². The minimum atomic E-state index is 0.113. The molecule has 0 atom stereocenters. The third-order valence-electron chi connectivity index (χ3n) is 5.31. The van der Waals surface area contributed by atoms with Crippen LogP contribution in [0.5, 0.6) is 0 Å². The van der Waals surface area contributed by atoms with E-state index in [-0.39, 0.29) is 5.41 Å². The van der Waals surface area contributed by atoms with Crippen molar-refractivity contribution in [3.63, 3.8) is 0 Å². The number of hydrogen-bond donors (Lipinski definition) is 0. The molecule has 0 spiro atoms. The summed E-state index contributed by atoms with van der Waals surface area (Å²) < 4.78 is 0. The van der Waals surface area contributed by atoms with Gasteiger partial charge in [-0.05, 0) is 59.9 Å². The second-order valence-electron chi connectivity index (χ2n) is 7.70. The largest absolute Gasteiger partial charge is 0.0955 e. The zero-order chi connectivity index (χ0) is 17.4. The van der Waals surface area contributed by atoms with Gasteiger partial charge in [0.15, 0.2) is 0 Å². The first-order valence-corrected chi connectivity index (χ1v) is 8.53. The molecule has 0 nitrogen and oxygen atoms in total. The quantitative estimate of drug-likeness (QED) is 0.574. The average molecular weight is 306 g/mol. The molecule has 0 heteroatoms. The van der Waals surface area contributed by atoms with Gasteiger partial charge in [0.25, 0.3) is 0 Å². The Morgan fingerprint density at radius 3 is 2.22 bits per heavy atom. The van der Waals surface area contributed by atoms with E-state index in [9.17, 15) is 0 Å². The molecule has 2 aromatic rings. The lowest BCUT2D eigenvalue weighted by Gasteiger charge is -2.33. The van der Waals surface area contributed by atoms with Crippen molar-refractivity contribution in [2.45, 2.75) is 53.9 Å². The van der Waals surface area contributed by atoms with Crippen molar-refractivity contribution in [2.24, 2.45) is 5.92 Å². The summed E-state index contributed by atoms with van der Waals surface area (Å²) in [4.78, 5) is 0. The molecule has 0 heterocycles. The van der Waals surface area contributed by atoms with Gasteiger partial charge < -0.3 is 0 Å². The summed E-state index contributed by atoms with van der Waals surface area (Å²) in [6, 6.07) is 13.4. The molecule has 0 saturated heterocycles. The Kier molecular flexibility index (Phi) is 4.84. The van der Waals surface area contributed by atoms with Gasteiger partial charge >= 0.3 is 0 Å². The Balaban J connectivity index is 2.81. The first kappa shape index (κ1) is 17.5. The molecule has 0 N–H and O–H groups in total. The van der Waals surface area contributed by atoms with Crippen LogP contribution in [0.4, 0.5) is 0 Å². The maximum Gasteiger partial charge on any atom is -0.00743 e. The molecular formula is C23H30. The molecule has 122 valence electrons. The fourth-order valence-electron chi connectivity index (χ4n) is 3.11. The van der Waals surface area contributed by atoms with Gasteiger partial charge in [0.1, 0.15) is 0 Å². The van der Waals surface area contributed by atoms with Gasteiger partial charge in [-0.2, -0.15) is 0 Å². The number of hydrogen-bond acceptors (Lipinski definition) is 0. The fraction of sp³-hybridized carbons (Fsp3) is 0.391. The summed E-state index contributed by atoms with van der Waals surface area (Å²) >= 11 is 0. The van der Waals surface area contributed by atoms with E-state index < -0.39 is 0 Å². The second kappa shape index (κ2) is 6.35. The van der Waals surface area contributed by atoms with Crippen molar-refractivity contribution in [1.82, 2.24) is 0 Å². The third kappa shape index (κ3) is 3.27. The molecule has 0 aliphatic heterocycles. The van der Waals surface area contributed by atoms with Crippen LogP contribution in [-0.2, 0) is 5.41 Å². The van der Waals surface area contributed by atoms with Crippen molar-refractivity contribution in [3.05, 3.63) is 65.2 Å². The Morgan fingerprint density at radius 1 is 1.00 bits per heavy atom. The number of rotatable bonds is 4. The SMILES string of the molecule is C=C(C)c1c(-c2cc(C)ccc2C)cccc1C(C)(C)C(C)C. The normalized spacial score (nSPS) is 11.8. The van der Waals surface area contributed by atoms with E-state index in [1.807, 2.05) is 0 Å². The summed E-state index contributed by atoms with van der Waals surface area (Å²) in [7, 11) is 0. The van der Waals surface area contributed by atoms with Crippen LogP contribution in [0.2, 0.25) is 0 Å². The standard InChI is InChI=1S/C23H30/c1-15(2)22-19(20-14-17(5)12-13-18(20)6)10-9-11-21(22)23(7,8)16(3)4/h9-14,16H,1H2,2-8H3. The highest BCUT2D eigenvalue weighted by Crippen LogP contribution is 2.41. The summed E-state index contributed by atoms with van der Waals surface area (Å²) in [6.45, 7) is 20.1. The van der Waals surface area contributed by atoms with Crippen molar-refractivity contribution >= 4 is 5.57 Å². The van der Waals surface area contributed by atoms with E-state index in [1.54, 1.807) is 0 Å². The predicted molar refractivity (Wildman–Crippen MR) is 104 cm³/mol.